The number of likely N-dealkylation sites (tertiary alicyclic amines) is 1. The molecular formula is C15H23N3O. The number of hydrogen-bond donors (Lipinski definition) is 1. The quantitative estimate of drug-likeness (QED) is 0.905. The van der Waals surface area contributed by atoms with Gasteiger partial charge in [0.1, 0.15) is 5.82 Å². The Morgan fingerprint density at radius 1 is 1.53 bits per heavy atom. The van der Waals surface area contributed by atoms with E-state index in [1.54, 1.807) is 0 Å². The Hall–Kier alpha value is -1.42. The zero-order chi connectivity index (χ0) is 13.7. The van der Waals surface area contributed by atoms with Crippen LogP contribution in [-0.4, -0.2) is 35.4 Å². The van der Waals surface area contributed by atoms with Crippen molar-refractivity contribution in [3.05, 3.63) is 23.9 Å². The van der Waals surface area contributed by atoms with Gasteiger partial charge >= 0.3 is 0 Å². The standard InChI is InChI=1S/C15H23N3O/c1-3-9-18-10-5-7-13(11-18)15(19)17-14-8-4-6-12(2)16-14/h4,6,8,13H,3,5,7,9-11H2,1-2H3,(H,16,17,19)/t13-/m0/s1. The van der Waals surface area contributed by atoms with E-state index >= 15 is 0 Å². The number of carbonyl (C=O) groups excluding carboxylic acids is 1. The average molecular weight is 261 g/mol. The minimum atomic E-state index is 0.0996. The van der Waals surface area contributed by atoms with Crippen LogP contribution in [0.25, 0.3) is 0 Å². The van der Waals surface area contributed by atoms with Crippen molar-refractivity contribution in [2.45, 2.75) is 33.1 Å². The Bertz CT molecular complexity index is 431. The molecule has 19 heavy (non-hydrogen) atoms. The van der Waals surface area contributed by atoms with Crippen molar-refractivity contribution in [3.63, 3.8) is 0 Å². The summed E-state index contributed by atoms with van der Waals surface area (Å²) in [7, 11) is 0. The lowest BCUT2D eigenvalue weighted by Gasteiger charge is -2.31. The van der Waals surface area contributed by atoms with Gasteiger partial charge < -0.3 is 10.2 Å². The van der Waals surface area contributed by atoms with Gasteiger partial charge in [-0.05, 0) is 51.4 Å². The second-order valence-corrected chi connectivity index (χ2v) is 5.29. The fraction of sp³-hybridized carbons (Fsp3) is 0.600. The lowest BCUT2D eigenvalue weighted by Crippen LogP contribution is -2.41. The fourth-order valence-electron chi connectivity index (χ4n) is 2.63. The summed E-state index contributed by atoms with van der Waals surface area (Å²) in [6.07, 6.45) is 3.24. The Morgan fingerprint density at radius 2 is 2.37 bits per heavy atom. The van der Waals surface area contributed by atoms with Gasteiger partial charge in [0.25, 0.3) is 0 Å². The molecule has 1 aromatic heterocycles. The van der Waals surface area contributed by atoms with E-state index in [1.807, 2.05) is 25.1 Å². The smallest absolute Gasteiger partial charge is 0.229 e. The van der Waals surface area contributed by atoms with Crippen LogP contribution < -0.4 is 5.32 Å². The second-order valence-electron chi connectivity index (χ2n) is 5.29. The van der Waals surface area contributed by atoms with Crippen LogP contribution in [0.3, 0.4) is 0 Å². The maximum atomic E-state index is 12.3. The van der Waals surface area contributed by atoms with Crippen molar-refractivity contribution in [2.75, 3.05) is 25.0 Å². The molecule has 1 aromatic rings. The van der Waals surface area contributed by atoms with Crippen molar-refractivity contribution >= 4 is 11.7 Å². The van der Waals surface area contributed by atoms with E-state index in [2.05, 4.69) is 22.1 Å². The molecule has 1 aliphatic rings. The molecule has 1 atom stereocenters. The number of hydrogen-bond acceptors (Lipinski definition) is 3. The van der Waals surface area contributed by atoms with Crippen molar-refractivity contribution in [1.82, 2.24) is 9.88 Å². The molecule has 2 heterocycles. The van der Waals surface area contributed by atoms with Gasteiger partial charge in [0.2, 0.25) is 5.91 Å². The number of anilines is 1. The third-order valence-electron chi connectivity index (χ3n) is 3.56. The van der Waals surface area contributed by atoms with Crippen LogP contribution >= 0.6 is 0 Å². The molecule has 4 heteroatoms. The maximum absolute atomic E-state index is 12.3. The van der Waals surface area contributed by atoms with E-state index < -0.39 is 0 Å². The molecule has 4 nitrogen and oxygen atoms in total. The third-order valence-corrected chi connectivity index (χ3v) is 3.56. The molecule has 2 rings (SSSR count). The van der Waals surface area contributed by atoms with E-state index in [0.717, 1.165) is 44.6 Å². The number of carbonyl (C=O) groups is 1. The monoisotopic (exact) mass is 261 g/mol. The number of nitrogens with one attached hydrogen (secondary N) is 1. The highest BCUT2D eigenvalue weighted by atomic mass is 16.2. The van der Waals surface area contributed by atoms with Crippen LogP contribution in [0.1, 0.15) is 31.9 Å². The molecule has 1 N–H and O–H groups in total. The third kappa shape index (κ3) is 4.03. The van der Waals surface area contributed by atoms with Crippen LogP contribution in [0.2, 0.25) is 0 Å². The van der Waals surface area contributed by atoms with Crippen molar-refractivity contribution < 1.29 is 4.79 Å². The highest BCUT2D eigenvalue weighted by Crippen LogP contribution is 2.18. The summed E-state index contributed by atoms with van der Waals surface area (Å²) < 4.78 is 0. The number of aryl methyl sites for hydroxylation is 1. The van der Waals surface area contributed by atoms with E-state index in [-0.39, 0.29) is 11.8 Å². The van der Waals surface area contributed by atoms with Crippen molar-refractivity contribution in [3.8, 4) is 0 Å². The Morgan fingerprint density at radius 3 is 3.11 bits per heavy atom. The molecule has 0 unspecified atom stereocenters. The fourth-order valence-corrected chi connectivity index (χ4v) is 2.63. The summed E-state index contributed by atoms with van der Waals surface area (Å²) in [6.45, 7) is 7.21. The lowest BCUT2D eigenvalue weighted by atomic mass is 9.97. The normalized spacial score (nSPS) is 20.2. The molecule has 1 fully saturated rings. The zero-order valence-corrected chi connectivity index (χ0v) is 11.9. The first-order chi connectivity index (χ1) is 9.19. The maximum Gasteiger partial charge on any atom is 0.229 e. The second kappa shape index (κ2) is 6.66. The average Bonchev–Trinajstić information content (AvgIpc) is 2.39. The first-order valence-corrected chi connectivity index (χ1v) is 7.16. The summed E-state index contributed by atoms with van der Waals surface area (Å²) in [6, 6.07) is 5.69. The highest BCUT2D eigenvalue weighted by Gasteiger charge is 2.25. The van der Waals surface area contributed by atoms with Crippen LogP contribution in [0, 0.1) is 12.8 Å². The van der Waals surface area contributed by atoms with Crippen molar-refractivity contribution in [2.24, 2.45) is 5.92 Å². The highest BCUT2D eigenvalue weighted by molar-refractivity contribution is 5.91. The van der Waals surface area contributed by atoms with E-state index in [0.29, 0.717) is 5.82 Å². The lowest BCUT2D eigenvalue weighted by molar-refractivity contribution is -0.121. The Labute approximate surface area is 115 Å². The number of piperidine rings is 1. The predicted octanol–water partition coefficient (Wildman–Crippen LogP) is 2.45. The zero-order valence-electron chi connectivity index (χ0n) is 11.9. The van der Waals surface area contributed by atoms with Gasteiger partial charge in [-0.25, -0.2) is 4.98 Å². The molecule has 0 aromatic carbocycles. The molecule has 104 valence electrons. The summed E-state index contributed by atoms with van der Waals surface area (Å²) in [5.41, 5.74) is 0.925. The van der Waals surface area contributed by atoms with Crippen LogP contribution in [0.5, 0.6) is 0 Å². The number of nitrogens with zero attached hydrogens (tertiary/aromatic N) is 2. The number of amides is 1. The largest absolute Gasteiger partial charge is 0.310 e. The molecule has 1 aliphatic heterocycles. The predicted molar refractivity (Wildman–Crippen MR) is 77.1 cm³/mol. The molecule has 0 saturated carbocycles. The summed E-state index contributed by atoms with van der Waals surface area (Å²) in [4.78, 5) is 19.0. The van der Waals surface area contributed by atoms with Gasteiger partial charge in [0.05, 0.1) is 5.92 Å². The SMILES string of the molecule is CCCN1CCC[C@H](C(=O)Nc2cccc(C)n2)C1. The van der Waals surface area contributed by atoms with Crippen molar-refractivity contribution in [1.29, 1.82) is 0 Å². The molecule has 0 radical (unpaired) electrons. The molecular weight excluding hydrogens is 238 g/mol. The summed E-state index contributed by atoms with van der Waals surface area (Å²) in [5.74, 6) is 0.874. The van der Waals surface area contributed by atoms with E-state index in [9.17, 15) is 4.79 Å². The Balaban J connectivity index is 1.92. The summed E-state index contributed by atoms with van der Waals surface area (Å²) >= 11 is 0. The number of pyridine rings is 1. The van der Waals surface area contributed by atoms with Gasteiger partial charge in [-0.15, -0.1) is 0 Å². The summed E-state index contributed by atoms with van der Waals surface area (Å²) in [5, 5.41) is 2.94. The minimum absolute atomic E-state index is 0.0996. The van der Waals surface area contributed by atoms with Gasteiger partial charge in [-0.1, -0.05) is 13.0 Å². The van der Waals surface area contributed by atoms with Crippen LogP contribution in [-0.2, 0) is 4.79 Å². The van der Waals surface area contributed by atoms with E-state index in [1.165, 1.54) is 0 Å². The van der Waals surface area contributed by atoms with Gasteiger partial charge in [0, 0.05) is 12.2 Å². The molecule has 1 saturated heterocycles. The number of rotatable bonds is 4. The first kappa shape index (κ1) is 14.0. The minimum Gasteiger partial charge on any atom is -0.310 e. The van der Waals surface area contributed by atoms with E-state index in [4.69, 9.17) is 0 Å². The van der Waals surface area contributed by atoms with Gasteiger partial charge in [-0.3, -0.25) is 4.79 Å². The van der Waals surface area contributed by atoms with Gasteiger partial charge in [0.15, 0.2) is 0 Å². The van der Waals surface area contributed by atoms with Crippen LogP contribution in [0.15, 0.2) is 18.2 Å². The molecule has 0 aliphatic carbocycles. The van der Waals surface area contributed by atoms with Gasteiger partial charge in [-0.2, -0.15) is 0 Å². The molecule has 1 amide bonds. The number of aromatic nitrogens is 1. The molecule has 0 spiro atoms. The van der Waals surface area contributed by atoms with Crippen LogP contribution in [0.4, 0.5) is 5.82 Å². The molecule has 0 bridgehead atoms. The topological polar surface area (TPSA) is 45.2 Å². The first-order valence-electron chi connectivity index (χ1n) is 7.16. The Kier molecular flexibility index (Phi) is 4.91.